The lowest BCUT2D eigenvalue weighted by molar-refractivity contribution is 0.177. The van der Waals surface area contributed by atoms with Crippen molar-refractivity contribution in [2.24, 2.45) is 7.05 Å². The number of piperidine rings is 1. The highest BCUT2D eigenvalue weighted by molar-refractivity contribution is 6.01. The second-order valence-corrected chi connectivity index (χ2v) is 7.89. The minimum Gasteiger partial charge on any atom is -0.353 e. The third-order valence-corrected chi connectivity index (χ3v) is 5.86. The highest BCUT2D eigenvalue weighted by Crippen LogP contribution is 2.23. The van der Waals surface area contributed by atoms with Crippen molar-refractivity contribution in [3.8, 4) is 0 Å². The number of likely N-dealkylation sites (tertiary alicyclic amines) is 1. The van der Waals surface area contributed by atoms with Gasteiger partial charge in [0.15, 0.2) is 0 Å². The van der Waals surface area contributed by atoms with Crippen LogP contribution in [-0.2, 0) is 13.6 Å². The Bertz CT molecular complexity index is 953. The first-order valence-electron chi connectivity index (χ1n) is 10.6. The van der Waals surface area contributed by atoms with E-state index in [-0.39, 0.29) is 6.03 Å². The lowest BCUT2D eigenvalue weighted by Crippen LogP contribution is -2.42. The van der Waals surface area contributed by atoms with Gasteiger partial charge in [-0.05, 0) is 49.5 Å². The number of benzene rings is 2. The second-order valence-electron chi connectivity index (χ2n) is 7.89. The van der Waals surface area contributed by atoms with Gasteiger partial charge in [-0.25, -0.2) is 4.79 Å². The van der Waals surface area contributed by atoms with Crippen LogP contribution in [0.1, 0.15) is 25.0 Å². The first kappa shape index (κ1) is 19.5. The van der Waals surface area contributed by atoms with Crippen LogP contribution in [0.3, 0.4) is 0 Å². The number of nitrogens with zero attached hydrogens (tertiary/aromatic N) is 3. The lowest BCUT2D eigenvalue weighted by atomic mass is 10.1. The summed E-state index contributed by atoms with van der Waals surface area (Å²) in [4.78, 5) is 17.7. The summed E-state index contributed by atoms with van der Waals surface area (Å²) in [6, 6.07) is 18.3. The second kappa shape index (κ2) is 9.14. The van der Waals surface area contributed by atoms with Crippen molar-refractivity contribution in [1.29, 1.82) is 0 Å². The molecule has 0 aliphatic carbocycles. The molecule has 0 bridgehead atoms. The third-order valence-electron chi connectivity index (χ3n) is 5.86. The van der Waals surface area contributed by atoms with Crippen LogP contribution >= 0.6 is 0 Å². The smallest absolute Gasteiger partial charge is 0.322 e. The van der Waals surface area contributed by atoms with E-state index in [9.17, 15) is 4.79 Å². The summed E-state index contributed by atoms with van der Waals surface area (Å²) in [6.45, 7) is 4.54. The fourth-order valence-electron chi connectivity index (χ4n) is 4.08. The van der Waals surface area contributed by atoms with Crippen molar-refractivity contribution in [3.63, 3.8) is 0 Å². The maximum absolute atomic E-state index is 13.3. The summed E-state index contributed by atoms with van der Waals surface area (Å²) in [5.41, 5.74) is 2.00. The first-order valence-corrected chi connectivity index (χ1v) is 10.6. The number of amides is 2. The van der Waals surface area contributed by atoms with Gasteiger partial charge in [0.05, 0.1) is 12.2 Å². The minimum absolute atomic E-state index is 0.0421. The standard InChI is InChI=1S/C24H30N4O/c1-26-14-8-11-21(26)19-28(18-17-27-15-5-2-6-16-27)24(29)25-23-13-7-10-20-9-3-4-12-22(20)23/h3-4,7-14H,2,5-6,15-19H2,1H3,(H,25,29). The highest BCUT2D eigenvalue weighted by Gasteiger charge is 2.18. The molecule has 0 radical (unpaired) electrons. The Labute approximate surface area is 172 Å². The number of fused-ring (bicyclic) bond motifs is 1. The Morgan fingerprint density at radius 1 is 1.00 bits per heavy atom. The Morgan fingerprint density at radius 3 is 2.59 bits per heavy atom. The molecule has 1 aliphatic rings. The average Bonchev–Trinajstić information content (AvgIpc) is 3.16. The molecule has 3 aromatic rings. The molecule has 1 N–H and O–H groups in total. The van der Waals surface area contributed by atoms with Gasteiger partial charge >= 0.3 is 6.03 Å². The number of aromatic nitrogens is 1. The lowest BCUT2D eigenvalue weighted by Gasteiger charge is -2.30. The molecule has 2 aromatic carbocycles. The molecule has 0 unspecified atom stereocenters. The normalized spacial score (nSPS) is 14.8. The number of aryl methyl sites for hydroxylation is 1. The van der Waals surface area contributed by atoms with Crippen molar-refractivity contribution in [2.75, 3.05) is 31.5 Å². The van der Waals surface area contributed by atoms with Gasteiger partial charge in [-0.3, -0.25) is 0 Å². The van der Waals surface area contributed by atoms with Crippen LogP contribution in [-0.4, -0.2) is 46.6 Å². The summed E-state index contributed by atoms with van der Waals surface area (Å²) < 4.78 is 2.08. The Hall–Kier alpha value is -2.79. The van der Waals surface area contributed by atoms with Gasteiger partial charge in [0.25, 0.3) is 0 Å². The van der Waals surface area contributed by atoms with E-state index in [2.05, 4.69) is 39.0 Å². The number of anilines is 1. The molecule has 29 heavy (non-hydrogen) atoms. The topological polar surface area (TPSA) is 40.5 Å². The monoisotopic (exact) mass is 390 g/mol. The van der Waals surface area contributed by atoms with Crippen LogP contribution in [0.5, 0.6) is 0 Å². The summed E-state index contributed by atoms with van der Waals surface area (Å²) in [5.74, 6) is 0. The number of carbonyl (C=O) groups excluding carboxylic acids is 1. The van der Waals surface area contributed by atoms with E-state index < -0.39 is 0 Å². The Kier molecular flexibility index (Phi) is 6.15. The van der Waals surface area contributed by atoms with Gasteiger partial charge in [0.2, 0.25) is 0 Å². The number of urea groups is 1. The van der Waals surface area contributed by atoms with Crippen molar-refractivity contribution in [3.05, 3.63) is 66.5 Å². The summed E-state index contributed by atoms with van der Waals surface area (Å²) in [5, 5.41) is 5.36. The number of carbonyl (C=O) groups is 1. The molecule has 1 fully saturated rings. The summed E-state index contributed by atoms with van der Waals surface area (Å²) in [7, 11) is 2.03. The molecule has 1 saturated heterocycles. The van der Waals surface area contributed by atoms with Crippen LogP contribution < -0.4 is 5.32 Å². The molecule has 0 saturated carbocycles. The van der Waals surface area contributed by atoms with E-state index in [1.54, 1.807) is 0 Å². The molecule has 5 heteroatoms. The van der Waals surface area contributed by atoms with Crippen LogP contribution in [0.2, 0.25) is 0 Å². The van der Waals surface area contributed by atoms with E-state index in [4.69, 9.17) is 0 Å². The average molecular weight is 391 g/mol. The molecule has 1 aliphatic heterocycles. The first-order chi connectivity index (χ1) is 14.2. The van der Waals surface area contributed by atoms with Crippen molar-refractivity contribution < 1.29 is 4.79 Å². The maximum atomic E-state index is 13.3. The van der Waals surface area contributed by atoms with Crippen molar-refractivity contribution in [2.45, 2.75) is 25.8 Å². The number of rotatable bonds is 6. The van der Waals surface area contributed by atoms with Gasteiger partial charge < -0.3 is 19.7 Å². The molecular weight excluding hydrogens is 360 g/mol. The van der Waals surface area contributed by atoms with E-state index in [1.807, 2.05) is 48.5 Å². The SMILES string of the molecule is Cn1cccc1CN(CCN1CCCCC1)C(=O)Nc1cccc2ccccc12. The predicted molar refractivity (Wildman–Crippen MR) is 119 cm³/mol. The Balaban J connectivity index is 1.50. The van der Waals surface area contributed by atoms with Gasteiger partial charge in [-0.1, -0.05) is 42.8 Å². The van der Waals surface area contributed by atoms with E-state index in [1.165, 1.54) is 19.3 Å². The number of hydrogen-bond donors (Lipinski definition) is 1. The molecule has 0 atom stereocenters. The molecular formula is C24H30N4O. The molecule has 2 heterocycles. The van der Waals surface area contributed by atoms with Crippen LogP contribution in [0.4, 0.5) is 10.5 Å². The zero-order valence-corrected chi connectivity index (χ0v) is 17.2. The molecule has 5 nitrogen and oxygen atoms in total. The van der Waals surface area contributed by atoms with Gasteiger partial charge in [-0.15, -0.1) is 0 Å². The molecule has 0 spiro atoms. The van der Waals surface area contributed by atoms with E-state index >= 15 is 0 Å². The van der Waals surface area contributed by atoms with Crippen LogP contribution in [0.15, 0.2) is 60.8 Å². The molecule has 4 rings (SSSR count). The van der Waals surface area contributed by atoms with Gasteiger partial charge in [0, 0.05) is 37.4 Å². The van der Waals surface area contributed by atoms with Crippen molar-refractivity contribution >= 4 is 22.5 Å². The fourth-order valence-corrected chi connectivity index (χ4v) is 4.08. The summed E-state index contributed by atoms with van der Waals surface area (Å²) >= 11 is 0. The molecule has 1 aromatic heterocycles. The van der Waals surface area contributed by atoms with E-state index in [0.717, 1.165) is 48.3 Å². The number of hydrogen-bond acceptors (Lipinski definition) is 2. The van der Waals surface area contributed by atoms with Crippen molar-refractivity contribution in [1.82, 2.24) is 14.4 Å². The Morgan fingerprint density at radius 2 is 1.79 bits per heavy atom. The van der Waals surface area contributed by atoms with Gasteiger partial charge in [-0.2, -0.15) is 0 Å². The number of nitrogens with one attached hydrogen (secondary N) is 1. The fraction of sp³-hybridized carbons (Fsp3) is 0.375. The zero-order chi connectivity index (χ0) is 20.1. The third kappa shape index (κ3) is 4.80. The van der Waals surface area contributed by atoms with Gasteiger partial charge in [0.1, 0.15) is 0 Å². The predicted octanol–water partition coefficient (Wildman–Crippen LogP) is 4.70. The summed E-state index contributed by atoms with van der Waals surface area (Å²) in [6.07, 6.45) is 5.88. The van der Waals surface area contributed by atoms with Crippen LogP contribution in [0.25, 0.3) is 10.8 Å². The minimum atomic E-state index is -0.0421. The highest BCUT2D eigenvalue weighted by atomic mass is 16.2. The van der Waals surface area contributed by atoms with Crippen LogP contribution in [0, 0.1) is 0 Å². The molecule has 2 amide bonds. The quantitative estimate of drug-likeness (QED) is 0.663. The zero-order valence-electron chi connectivity index (χ0n) is 17.2. The largest absolute Gasteiger partial charge is 0.353 e. The van der Waals surface area contributed by atoms with E-state index in [0.29, 0.717) is 6.54 Å². The maximum Gasteiger partial charge on any atom is 0.322 e. The molecule has 152 valence electrons.